The minimum atomic E-state index is 0.652. The van der Waals surface area contributed by atoms with Gasteiger partial charge in [-0.3, -0.25) is 4.98 Å². The first-order valence-corrected chi connectivity index (χ1v) is 5.68. The Morgan fingerprint density at radius 2 is 2.21 bits per heavy atom. The predicted octanol–water partition coefficient (Wildman–Crippen LogP) is 3.33. The fourth-order valence-corrected chi connectivity index (χ4v) is 2.54. The molecule has 1 aliphatic rings. The molecule has 1 heteroatoms. The van der Waals surface area contributed by atoms with Crippen molar-refractivity contribution in [2.24, 2.45) is 5.92 Å². The van der Waals surface area contributed by atoms with Crippen molar-refractivity contribution in [3.05, 3.63) is 29.1 Å². The van der Waals surface area contributed by atoms with E-state index in [0.29, 0.717) is 5.92 Å². The quantitative estimate of drug-likeness (QED) is 0.660. The van der Waals surface area contributed by atoms with Gasteiger partial charge in [0.05, 0.1) is 0 Å². The van der Waals surface area contributed by atoms with E-state index in [1.54, 1.807) is 0 Å². The Bertz CT molecular complexity index is 330. The third kappa shape index (κ3) is 1.68. The van der Waals surface area contributed by atoms with Crippen LogP contribution in [0, 0.1) is 5.92 Å². The Kier molecular flexibility index (Phi) is 2.58. The molecule has 0 N–H and O–H groups in total. The molecule has 76 valence electrons. The average molecular weight is 189 g/mol. The topological polar surface area (TPSA) is 12.9 Å². The molecule has 0 spiro atoms. The minimum absolute atomic E-state index is 0.652. The summed E-state index contributed by atoms with van der Waals surface area (Å²) in [6.07, 6.45) is 5.67. The van der Waals surface area contributed by atoms with Gasteiger partial charge < -0.3 is 0 Å². The first-order valence-electron chi connectivity index (χ1n) is 5.68. The summed E-state index contributed by atoms with van der Waals surface area (Å²) in [5, 5.41) is 0. The van der Waals surface area contributed by atoms with Gasteiger partial charge >= 0.3 is 0 Å². The summed E-state index contributed by atoms with van der Waals surface area (Å²) < 4.78 is 0. The maximum atomic E-state index is 4.61. The molecule has 1 heterocycles. The third-order valence-electron chi connectivity index (χ3n) is 3.26. The van der Waals surface area contributed by atoms with Gasteiger partial charge in [-0.25, -0.2) is 0 Å². The smallest absolute Gasteiger partial charge is 0.0464 e. The van der Waals surface area contributed by atoms with E-state index in [1.807, 2.05) is 6.20 Å². The molecule has 0 amide bonds. The van der Waals surface area contributed by atoms with Crippen LogP contribution in [0.1, 0.15) is 49.9 Å². The molecule has 0 saturated carbocycles. The zero-order valence-electron chi connectivity index (χ0n) is 9.38. The van der Waals surface area contributed by atoms with Crippen LogP contribution in [-0.4, -0.2) is 4.98 Å². The van der Waals surface area contributed by atoms with Gasteiger partial charge in [0.1, 0.15) is 0 Å². The van der Waals surface area contributed by atoms with Gasteiger partial charge in [0.2, 0.25) is 0 Å². The Hall–Kier alpha value is -0.850. The number of nitrogens with zero attached hydrogens (tertiary/aromatic N) is 1. The van der Waals surface area contributed by atoms with E-state index < -0.39 is 0 Å². The molecule has 2 rings (SSSR count). The van der Waals surface area contributed by atoms with E-state index in [2.05, 4.69) is 31.8 Å². The number of hydrogen-bond donors (Lipinski definition) is 0. The van der Waals surface area contributed by atoms with Gasteiger partial charge in [-0.1, -0.05) is 26.8 Å². The lowest BCUT2D eigenvalue weighted by atomic mass is 9.81. The highest BCUT2D eigenvalue weighted by molar-refractivity contribution is 5.30. The fourth-order valence-electron chi connectivity index (χ4n) is 2.54. The molecule has 2 atom stereocenters. The average Bonchev–Trinajstić information content (AvgIpc) is 2.16. The largest absolute Gasteiger partial charge is 0.260 e. The molecule has 1 nitrogen and oxygen atoms in total. The number of pyridine rings is 1. The number of rotatable bonds is 1. The van der Waals surface area contributed by atoms with Crippen molar-refractivity contribution in [3.63, 3.8) is 0 Å². The van der Waals surface area contributed by atoms with Gasteiger partial charge in [0, 0.05) is 11.9 Å². The van der Waals surface area contributed by atoms with Crippen LogP contribution in [0.25, 0.3) is 0 Å². The van der Waals surface area contributed by atoms with Crippen LogP contribution in [0.3, 0.4) is 0 Å². The van der Waals surface area contributed by atoms with Gasteiger partial charge in [-0.2, -0.15) is 0 Å². The van der Waals surface area contributed by atoms with Crippen LogP contribution in [0.2, 0.25) is 0 Å². The van der Waals surface area contributed by atoms with Crippen molar-refractivity contribution >= 4 is 0 Å². The summed E-state index contributed by atoms with van der Waals surface area (Å²) in [6.45, 7) is 6.84. The SMILES string of the molecule is CCc1cnc2c(c1)CC(C)CC2C. The summed E-state index contributed by atoms with van der Waals surface area (Å²) in [7, 11) is 0. The summed E-state index contributed by atoms with van der Waals surface area (Å²) in [4.78, 5) is 4.61. The van der Waals surface area contributed by atoms with E-state index in [4.69, 9.17) is 0 Å². The maximum absolute atomic E-state index is 4.61. The monoisotopic (exact) mass is 189 g/mol. The number of fused-ring (bicyclic) bond motifs is 1. The molecule has 0 bridgehead atoms. The summed E-state index contributed by atoms with van der Waals surface area (Å²) in [5.74, 6) is 1.48. The first-order chi connectivity index (χ1) is 6.70. The molecule has 14 heavy (non-hydrogen) atoms. The van der Waals surface area contributed by atoms with Gasteiger partial charge in [-0.05, 0) is 42.2 Å². The highest BCUT2D eigenvalue weighted by Crippen LogP contribution is 2.33. The summed E-state index contributed by atoms with van der Waals surface area (Å²) >= 11 is 0. The van der Waals surface area contributed by atoms with Crippen LogP contribution >= 0.6 is 0 Å². The fraction of sp³-hybridized carbons (Fsp3) is 0.615. The first kappa shape index (κ1) is 9.70. The molecule has 1 aromatic rings. The van der Waals surface area contributed by atoms with E-state index in [0.717, 1.165) is 12.3 Å². The van der Waals surface area contributed by atoms with Gasteiger partial charge in [0.25, 0.3) is 0 Å². The van der Waals surface area contributed by atoms with Crippen LogP contribution in [0.15, 0.2) is 12.3 Å². The zero-order chi connectivity index (χ0) is 10.1. The Morgan fingerprint density at radius 3 is 2.93 bits per heavy atom. The molecule has 0 aromatic carbocycles. The Balaban J connectivity index is 2.39. The number of aryl methyl sites for hydroxylation is 1. The minimum Gasteiger partial charge on any atom is -0.260 e. The zero-order valence-corrected chi connectivity index (χ0v) is 9.38. The highest BCUT2D eigenvalue weighted by atomic mass is 14.7. The van der Waals surface area contributed by atoms with Crippen LogP contribution in [-0.2, 0) is 12.8 Å². The van der Waals surface area contributed by atoms with E-state index in [1.165, 1.54) is 29.7 Å². The molecule has 0 saturated heterocycles. The predicted molar refractivity (Wildman–Crippen MR) is 59.5 cm³/mol. The normalized spacial score (nSPS) is 25.9. The van der Waals surface area contributed by atoms with Crippen molar-refractivity contribution in [1.29, 1.82) is 0 Å². The molecule has 1 aromatic heterocycles. The lowest BCUT2D eigenvalue weighted by molar-refractivity contribution is 0.441. The van der Waals surface area contributed by atoms with E-state index in [9.17, 15) is 0 Å². The van der Waals surface area contributed by atoms with Crippen molar-refractivity contribution in [1.82, 2.24) is 4.98 Å². The Morgan fingerprint density at radius 1 is 1.43 bits per heavy atom. The lowest BCUT2D eigenvalue weighted by Crippen LogP contribution is -2.16. The van der Waals surface area contributed by atoms with Crippen molar-refractivity contribution < 1.29 is 0 Å². The standard InChI is InChI=1S/C13H19N/c1-4-11-7-12-6-9(2)5-10(3)13(12)14-8-11/h7-10H,4-6H2,1-3H3. The molecule has 2 unspecified atom stereocenters. The molecule has 0 radical (unpaired) electrons. The van der Waals surface area contributed by atoms with Gasteiger partial charge in [-0.15, -0.1) is 0 Å². The van der Waals surface area contributed by atoms with Crippen LogP contribution in [0.5, 0.6) is 0 Å². The molecule has 0 aliphatic heterocycles. The summed E-state index contributed by atoms with van der Waals surface area (Å²) in [5.41, 5.74) is 4.22. The Labute approximate surface area is 86.6 Å². The second-order valence-corrected chi connectivity index (χ2v) is 4.69. The van der Waals surface area contributed by atoms with Crippen molar-refractivity contribution in [3.8, 4) is 0 Å². The van der Waals surface area contributed by atoms with E-state index >= 15 is 0 Å². The van der Waals surface area contributed by atoms with Gasteiger partial charge in [0.15, 0.2) is 0 Å². The number of aromatic nitrogens is 1. The second kappa shape index (κ2) is 3.72. The highest BCUT2D eigenvalue weighted by Gasteiger charge is 2.22. The molecule has 0 fully saturated rings. The number of hydrogen-bond acceptors (Lipinski definition) is 1. The van der Waals surface area contributed by atoms with Crippen molar-refractivity contribution in [2.75, 3.05) is 0 Å². The molecular weight excluding hydrogens is 170 g/mol. The third-order valence-corrected chi connectivity index (χ3v) is 3.26. The van der Waals surface area contributed by atoms with Crippen LogP contribution in [0.4, 0.5) is 0 Å². The van der Waals surface area contributed by atoms with E-state index in [-0.39, 0.29) is 0 Å². The maximum Gasteiger partial charge on any atom is 0.0464 e. The molecule has 1 aliphatic carbocycles. The lowest BCUT2D eigenvalue weighted by Gasteiger charge is -2.26. The summed E-state index contributed by atoms with van der Waals surface area (Å²) in [6, 6.07) is 2.36. The second-order valence-electron chi connectivity index (χ2n) is 4.69. The van der Waals surface area contributed by atoms with Crippen molar-refractivity contribution in [2.45, 2.75) is 46.0 Å². The molecular formula is C13H19N. The van der Waals surface area contributed by atoms with Crippen LogP contribution < -0.4 is 0 Å².